The number of amides is 1. The van der Waals surface area contributed by atoms with Crippen LogP contribution in [0, 0.1) is 0 Å². The van der Waals surface area contributed by atoms with E-state index >= 15 is 0 Å². The van der Waals surface area contributed by atoms with Gasteiger partial charge in [-0.2, -0.15) is 0 Å². The summed E-state index contributed by atoms with van der Waals surface area (Å²) in [7, 11) is 1.60. The van der Waals surface area contributed by atoms with Gasteiger partial charge in [-0.25, -0.2) is 0 Å². The van der Waals surface area contributed by atoms with Crippen molar-refractivity contribution in [3.63, 3.8) is 0 Å². The van der Waals surface area contributed by atoms with Crippen molar-refractivity contribution in [3.05, 3.63) is 22.4 Å². The monoisotopic (exact) mass is 241 g/mol. The fourth-order valence-electron chi connectivity index (χ4n) is 1.19. The van der Waals surface area contributed by atoms with Crippen molar-refractivity contribution in [1.82, 2.24) is 4.90 Å². The number of thiophene rings is 1. The predicted molar refractivity (Wildman–Crippen MR) is 62.3 cm³/mol. The highest BCUT2D eigenvalue weighted by molar-refractivity contribution is 7.10. The first-order valence-electron chi connectivity index (χ1n) is 5.05. The molecule has 5 heteroatoms. The minimum absolute atomic E-state index is 0.0120. The molecule has 0 fully saturated rings. The highest BCUT2D eigenvalue weighted by atomic mass is 32.1. The molecule has 0 aliphatic carbocycles. The van der Waals surface area contributed by atoms with Crippen LogP contribution in [0.2, 0.25) is 0 Å². The Morgan fingerprint density at radius 3 is 2.81 bits per heavy atom. The molecule has 1 rings (SSSR count). The Balaban J connectivity index is 2.39. The van der Waals surface area contributed by atoms with Crippen LogP contribution in [0.3, 0.4) is 0 Å². The summed E-state index contributed by atoms with van der Waals surface area (Å²) in [4.78, 5) is 25.2. The number of hydrogen-bond acceptors (Lipinski definition) is 4. The smallest absolute Gasteiger partial charge is 0.325 e. The zero-order valence-corrected chi connectivity index (χ0v) is 10.3. The lowest BCUT2D eigenvalue weighted by Crippen LogP contribution is -2.33. The Morgan fingerprint density at radius 2 is 2.25 bits per heavy atom. The molecular weight excluding hydrogens is 226 g/mol. The van der Waals surface area contributed by atoms with E-state index in [2.05, 4.69) is 0 Å². The molecule has 0 aromatic carbocycles. The second-order valence-corrected chi connectivity index (χ2v) is 4.34. The van der Waals surface area contributed by atoms with Crippen LogP contribution in [-0.4, -0.2) is 37.0 Å². The number of likely N-dealkylation sites (N-methyl/N-ethyl adjacent to an activating group) is 1. The summed E-state index contributed by atoms with van der Waals surface area (Å²) in [6.07, 6.45) is 0.341. The van der Waals surface area contributed by atoms with Gasteiger partial charge < -0.3 is 9.64 Å². The summed E-state index contributed by atoms with van der Waals surface area (Å²) in [6.45, 7) is 2.09. The predicted octanol–water partition coefficient (Wildman–Crippen LogP) is 1.31. The van der Waals surface area contributed by atoms with E-state index in [1.165, 1.54) is 16.2 Å². The third-order valence-corrected chi connectivity index (χ3v) is 2.88. The first-order chi connectivity index (χ1) is 7.63. The molecule has 0 radical (unpaired) electrons. The van der Waals surface area contributed by atoms with Gasteiger partial charge in [0.25, 0.3) is 0 Å². The van der Waals surface area contributed by atoms with Crippen LogP contribution >= 0.6 is 11.3 Å². The fraction of sp³-hybridized carbons (Fsp3) is 0.455. The zero-order chi connectivity index (χ0) is 12.0. The number of ether oxygens (including phenoxy) is 1. The first kappa shape index (κ1) is 12.7. The van der Waals surface area contributed by atoms with Crippen molar-refractivity contribution in [3.8, 4) is 0 Å². The Morgan fingerprint density at radius 1 is 1.50 bits per heavy atom. The van der Waals surface area contributed by atoms with Gasteiger partial charge in [-0.15, -0.1) is 11.3 Å². The van der Waals surface area contributed by atoms with E-state index in [0.29, 0.717) is 13.0 Å². The van der Waals surface area contributed by atoms with E-state index in [1.807, 2.05) is 17.5 Å². The summed E-state index contributed by atoms with van der Waals surface area (Å²) in [6, 6.07) is 3.80. The molecule has 88 valence electrons. The van der Waals surface area contributed by atoms with Gasteiger partial charge in [-0.05, 0) is 18.4 Å². The van der Waals surface area contributed by atoms with Crippen LogP contribution < -0.4 is 0 Å². The summed E-state index contributed by atoms with van der Waals surface area (Å²) in [5.41, 5.74) is 0. The third-order valence-electron chi connectivity index (χ3n) is 2.00. The van der Waals surface area contributed by atoms with Crippen LogP contribution in [0.5, 0.6) is 0 Å². The van der Waals surface area contributed by atoms with Crippen molar-refractivity contribution in [2.24, 2.45) is 0 Å². The van der Waals surface area contributed by atoms with Crippen LogP contribution in [0.25, 0.3) is 0 Å². The zero-order valence-electron chi connectivity index (χ0n) is 9.43. The Hall–Kier alpha value is -1.36. The number of nitrogens with zero attached hydrogens (tertiary/aromatic N) is 1. The van der Waals surface area contributed by atoms with E-state index < -0.39 is 0 Å². The lowest BCUT2D eigenvalue weighted by molar-refractivity contribution is -0.147. The molecule has 0 bridgehead atoms. The molecule has 0 unspecified atom stereocenters. The van der Waals surface area contributed by atoms with Crippen LogP contribution in [0.1, 0.15) is 11.8 Å². The topological polar surface area (TPSA) is 46.6 Å². The van der Waals surface area contributed by atoms with Gasteiger partial charge in [0.2, 0.25) is 5.91 Å². The maximum absolute atomic E-state index is 11.7. The molecular formula is C11H15NO3S. The van der Waals surface area contributed by atoms with Gasteiger partial charge >= 0.3 is 5.97 Å². The summed E-state index contributed by atoms with van der Waals surface area (Å²) < 4.78 is 4.77. The first-order valence-corrected chi connectivity index (χ1v) is 5.93. The van der Waals surface area contributed by atoms with Crippen LogP contribution in [-0.2, 0) is 20.7 Å². The van der Waals surface area contributed by atoms with E-state index in [9.17, 15) is 9.59 Å². The molecule has 1 amide bonds. The Kier molecular flexibility index (Phi) is 4.98. The third kappa shape index (κ3) is 4.02. The van der Waals surface area contributed by atoms with E-state index in [4.69, 9.17) is 4.74 Å². The maximum atomic E-state index is 11.7. The Bertz CT molecular complexity index is 348. The minimum Gasteiger partial charge on any atom is -0.465 e. The summed E-state index contributed by atoms with van der Waals surface area (Å²) >= 11 is 1.53. The molecule has 0 N–H and O–H groups in total. The highest BCUT2D eigenvalue weighted by Crippen LogP contribution is 2.10. The SMILES string of the molecule is CCOC(=O)CN(C)C(=O)Cc1cccs1. The number of carbonyl (C=O) groups is 2. The fourth-order valence-corrected chi connectivity index (χ4v) is 1.88. The molecule has 0 spiro atoms. The van der Waals surface area contributed by atoms with Gasteiger partial charge in [0.15, 0.2) is 0 Å². The number of carbonyl (C=O) groups excluding carboxylic acids is 2. The lowest BCUT2D eigenvalue weighted by atomic mass is 10.3. The second kappa shape index (κ2) is 6.27. The van der Waals surface area contributed by atoms with Crippen molar-refractivity contribution >= 4 is 23.2 Å². The van der Waals surface area contributed by atoms with Crippen LogP contribution in [0.15, 0.2) is 17.5 Å². The van der Waals surface area contributed by atoms with Gasteiger partial charge in [-0.3, -0.25) is 9.59 Å². The largest absolute Gasteiger partial charge is 0.465 e. The molecule has 16 heavy (non-hydrogen) atoms. The normalized spacial score (nSPS) is 9.88. The van der Waals surface area contributed by atoms with Crippen molar-refractivity contribution in [1.29, 1.82) is 0 Å². The average Bonchev–Trinajstić information content (AvgIpc) is 2.70. The molecule has 4 nitrogen and oxygen atoms in total. The molecule has 1 heterocycles. The van der Waals surface area contributed by atoms with Gasteiger partial charge in [0, 0.05) is 11.9 Å². The van der Waals surface area contributed by atoms with E-state index in [-0.39, 0.29) is 18.4 Å². The van der Waals surface area contributed by atoms with Crippen molar-refractivity contribution < 1.29 is 14.3 Å². The number of hydrogen-bond donors (Lipinski definition) is 0. The molecule has 1 aromatic rings. The summed E-state index contributed by atoms with van der Waals surface area (Å²) in [5.74, 6) is -0.444. The van der Waals surface area contributed by atoms with Gasteiger partial charge in [0.05, 0.1) is 13.0 Å². The molecule has 1 aromatic heterocycles. The van der Waals surface area contributed by atoms with E-state index in [1.54, 1.807) is 14.0 Å². The van der Waals surface area contributed by atoms with Crippen LogP contribution in [0.4, 0.5) is 0 Å². The minimum atomic E-state index is -0.371. The van der Waals surface area contributed by atoms with Crippen molar-refractivity contribution in [2.75, 3.05) is 20.2 Å². The standard InChI is InChI=1S/C11H15NO3S/c1-3-15-11(14)8-12(2)10(13)7-9-5-4-6-16-9/h4-6H,3,7-8H2,1-2H3. The second-order valence-electron chi connectivity index (χ2n) is 3.31. The molecule has 0 aliphatic heterocycles. The van der Waals surface area contributed by atoms with Gasteiger partial charge in [0.1, 0.15) is 6.54 Å². The number of esters is 1. The highest BCUT2D eigenvalue weighted by Gasteiger charge is 2.14. The van der Waals surface area contributed by atoms with Crippen molar-refractivity contribution in [2.45, 2.75) is 13.3 Å². The maximum Gasteiger partial charge on any atom is 0.325 e. The molecule has 0 atom stereocenters. The van der Waals surface area contributed by atoms with Gasteiger partial charge in [-0.1, -0.05) is 6.07 Å². The molecule has 0 saturated carbocycles. The summed E-state index contributed by atoms with van der Waals surface area (Å²) in [5, 5.41) is 1.92. The lowest BCUT2D eigenvalue weighted by Gasteiger charge is -2.15. The Labute approximate surface area is 98.8 Å². The average molecular weight is 241 g/mol. The molecule has 0 aliphatic rings. The quantitative estimate of drug-likeness (QED) is 0.730. The number of rotatable bonds is 5. The molecule has 0 saturated heterocycles. The van der Waals surface area contributed by atoms with E-state index in [0.717, 1.165) is 4.88 Å².